The normalized spacial score (nSPS) is 18.9. The van der Waals surface area contributed by atoms with E-state index in [0.717, 1.165) is 35.7 Å². The first-order valence-corrected chi connectivity index (χ1v) is 7.19. The number of rotatable bonds is 3. The Morgan fingerprint density at radius 2 is 2.41 bits per heavy atom. The Kier molecular flexibility index (Phi) is 2.86. The fourth-order valence-electron chi connectivity index (χ4n) is 2.25. The average molecular weight is 252 g/mol. The molecule has 5 heteroatoms. The van der Waals surface area contributed by atoms with E-state index in [1.54, 1.807) is 0 Å². The van der Waals surface area contributed by atoms with Crippen molar-refractivity contribution in [1.82, 2.24) is 9.78 Å². The molecule has 3 rings (SSSR count). The van der Waals surface area contributed by atoms with Gasteiger partial charge in [-0.25, -0.2) is 4.79 Å². The predicted molar refractivity (Wildman–Crippen MR) is 66.2 cm³/mol. The smallest absolute Gasteiger partial charge is 0.356 e. The number of aromatic nitrogens is 2. The van der Waals surface area contributed by atoms with Gasteiger partial charge in [-0.3, -0.25) is 4.68 Å². The van der Waals surface area contributed by atoms with Gasteiger partial charge in [0.2, 0.25) is 0 Å². The highest BCUT2D eigenvalue weighted by atomic mass is 32.2. The number of fused-ring (bicyclic) bond motifs is 1. The van der Waals surface area contributed by atoms with Crippen LogP contribution in [0.5, 0.6) is 0 Å². The lowest BCUT2D eigenvalue weighted by molar-refractivity contribution is 0.0585. The van der Waals surface area contributed by atoms with Gasteiger partial charge in [-0.15, -0.1) is 0 Å². The Labute approximate surface area is 105 Å². The van der Waals surface area contributed by atoms with Crippen LogP contribution in [0, 0.1) is 5.92 Å². The Hall–Kier alpha value is -0.970. The van der Waals surface area contributed by atoms with Crippen LogP contribution in [0.3, 0.4) is 0 Å². The molecule has 0 radical (unpaired) electrons. The van der Waals surface area contributed by atoms with Crippen molar-refractivity contribution in [1.29, 1.82) is 0 Å². The molecule has 0 aromatic carbocycles. The zero-order chi connectivity index (χ0) is 11.8. The standard InChI is InChI=1S/C12H16N2O2S/c1-16-12(15)11-9-7-17-5-4-10(9)13-14(11)6-8-2-3-8/h8H,2-7H2,1H3. The molecule has 0 spiro atoms. The number of carbonyl (C=O) groups excluding carboxylic acids is 1. The molecule has 17 heavy (non-hydrogen) atoms. The van der Waals surface area contributed by atoms with Crippen molar-refractivity contribution in [2.24, 2.45) is 5.92 Å². The Morgan fingerprint density at radius 3 is 3.12 bits per heavy atom. The predicted octanol–water partition coefficient (Wildman–Crippen LogP) is 1.87. The van der Waals surface area contributed by atoms with Gasteiger partial charge in [0.25, 0.3) is 0 Å². The summed E-state index contributed by atoms with van der Waals surface area (Å²) in [5, 5.41) is 4.60. The molecule has 2 aliphatic rings. The highest BCUT2D eigenvalue weighted by Gasteiger charge is 2.29. The van der Waals surface area contributed by atoms with Crippen LogP contribution < -0.4 is 0 Å². The molecular formula is C12H16N2O2S. The minimum Gasteiger partial charge on any atom is -0.464 e. The monoisotopic (exact) mass is 252 g/mol. The third-order valence-electron chi connectivity index (χ3n) is 3.37. The molecule has 4 nitrogen and oxygen atoms in total. The van der Waals surface area contributed by atoms with Crippen molar-refractivity contribution in [2.45, 2.75) is 31.6 Å². The maximum Gasteiger partial charge on any atom is 0.356 e. The number of nitrogens with zero attached hydrogens (tertiary/aromatic N) is 2. The molecule has 1 aromatic heterocycles. The SMILES string of the molecule is COC(=O)c1c2c(nn1CC1CC1)CCSC2. The van der Waals surface area contributed by atoms with E-state index in [-0.39, 0.29) is 5.97 Å². The maximum absolute atomic E-state index is 11.9. The van der Waals surface area contributed by atoms with E-state index in [4.69, 9.17) is 4.74 Å². The Balaban J connectivity index is 1.99. The number of hydrogen-bond donors (Lipinski definition) is 0. The molecule has 1 saturated carbocycles. The van der Waals surface area contributed by atoms with Crippen LogP contribution in [0.25, 0.3) is 0 Å². The first-order valence-electron chi connectivity index (χ1n) is 6.04. The molecule has 1 fully saturated rings. The van der Waals surface area contributed by atoms with Gasteiger partial charge in [0.15, 0.2) is 5.69 Å². The first kappa shape index (κ1) is 11.1. The molecule has 0 amide bonds. The number of esters is 1. The highest BCUT2D eigenvalue weighted by molar-refractivity contribution is 7.98. The van der Waals surface area contributed by atoms with Crippen molar-refractivity contribution in [3.05, 3.63) is 17.0 Å². The number of thioether (sulfide) groups is 1. The molecule has 0 unspecified atom stereocenters. The molecule has 0 saturated heterocycles. The lowest BCUT2D eigenvalue weighted by Crippen LogP contribution is -2.14. The largest absolute Gasteiger partial charge is 0.464 e. The van der Waals surface area contributed by atoms with Crippen molar-refractivity contribution in [3.8, 4) is 0 Å². The quantitative estimate of drug-likeness (QED) is 0.770. The zero-order valence-electron chi connectivity index (χ0n) is 9.94. The van der Waals surface area contributed by atoms with Crippen molar-refractivity contribution < 1.29 is 9.53 Å². The molecule has 0 atom stereocenters. The van der Waals surface area contributed by atoms with E-state index in [1.165, 1.54) is 20.0 Å². The summed E-state index contributed by atoms with van der Waals surface area (Å²) in [5.74, 6) is 2.48. The van der Waals surface area contributed by atoms with E-state index < -0.39 is 0 Å². The van der Waals surface area contributed by atoms with Crippen LogP contribution in [-0.4, -0.2) is 28.6 Å². The minimum atomic E-state index is -0.234. The average Bonchev–Trinajstić information content (AvgIpc) is 3.08. The fraction of sp³-hybridized carbons (Fsp3) is 0.667. The first-order chi connectivity index (χ1) is 8.29. The van der Waals surface area contributed by atoms with Gasteiger partial charge in [0, 0.05) is 24.3 Å². The molecule has 92 valence electrons. The van der Waals surface area contributed by atoms with Crippen LogP contribution in [-0.2, 0) is 23.5 Å². The molecule has 0 N–H and O–H groups in total. The van der Waals surface area contributed by atoms with Crippen LogP contribution >= 0.6 is 11.8 Å². The van der Waals surface area contributed by atoms with E-state index >= 15 is 0 Å². The summed E-state index contributed by atoms with van der Waals surface area (Å²) in [5.41, 5.74) is 2.90. The van der Waals surface area contributed by atoms with Crippen LogP contribution in [0.15, 0.2) is 0 Å². The van der Waals surface area contributed by atoms with Crippen LogP contribution in [0.1, 0.15) is 34.6 Å². The second-order valence-corrected chi connectivity index (χ2v) is 5.80. The lowest BCUT2D eigenvalue weighted by atomic mass is 10.1. The number of hydrogen-bond acceptors (Lipinski definition) is 4. The number of aryl methyl sites for hydroxylation is 1. The van der Waals surface area contributed by atoms with Crippen LogP contribution in [0.2, 0.25) is 0 Å². The molecule has 1 aliphatic carbocycles. The summed E-state index contributed by atoms with van der Waals surface area (Å²) in [6.07, 6.45) is 3.50. The molecule has 1 aromatic rings. The van der Waals surface area contributed by atoms with Crippen molar-refractivity contribution in [2.75, 3.05) is 12.9 Å². The van der Waals surface area contributed by atoms with E-state index in [2.05, 4.69) is 5.10 Å². The lowest BCUT2D eigenvalue weighted by Gasteiger charge is -2.10. The van der Waals surface area contributed by atoms with E-state index in [0.29, 0.717) is 11.6 Å². The van der Waals surface area contributed by atoms with Crippen molar-refractivity contribution >= 4 is 17.7 Å². The minimum absolute atomic E-state index is 0.234. The van der Waals surface area contributed by atoms with Gasteiger partial charge >= 0.3 is 5.97 Å². The molecule has 1 aliphatic heterocycles. The Morgan fingerprint density at radius 1 is 1.59 bits per heavy atom. The topological polar surface area (TPSA) is 44.1 Å². The molecular weight excluding hydrogens is 236 g/mol. The number of carbonyl (C=O) groups is 1. The maximum atomic E-state index is 11.9. The summed E-state index contributed by atoms with van der Waals surface area (Å²) in [7, 11) is 1.44. The van der Waals surface area contributed by atoms with Gasteiger partial charge in [-0.05, 0) is 24.5 Å². The van der Waals surface area contributed by atoms with Gasteiger partial charge in [-0.2, -0.15) is 16.9 Å². The van der Waals surface area contributed by atoms with Crippen molar-refractivity contribution in [3.63, 3.8) is 0 Å². The summed E-state index contributed by atoms with van der Waals surface area (Å²) in [6.45, 7) is 0.877. The van der Waals surface area contributed by atoms with Gasteiger partial charge in [-0.1, -0.05) is 0 Å². The third-order valence-corrected chi connectivity index (χ3v) is 4.36. The van der Waals surface area contributed by atoms with E-state index in [9.17, 15) is 4.79 Å². The second-order valence-electron chi connectivity index (χ2n) is 4.69. The highest BCUT2D eigenvalue weighted by Crippen LogP contribution is 2.33. The zero-order valence-corrected chi connectivity index (χ0v) is 10.8. The summed E-state index contributed by atoms with van der Waals surface area (Å²) < 4.78 is 6.78. The van der Waals surface area contributed by atoms with Crippen LogP contribution in [0.4, 0.5) is 0 Å². The fourth-order valence-corrected chi connectivity index (χ4v) is 3.24. The molecule has 2 heterocycles. The summed E-state index contributed by atoms with van der Waals surface area (Å²) in [4.78, 5) is 11.9. The van der Waals surface area contributed by atoms with E-state index in [1.807, 2.05) is 16.4 Å². The molecule has 0 bridgehead atoms. The van der Waals surface area contributed by atoms with Gasteiger partial charge < -0.3 is 4.74 Å². The Bertz CT molecular complexity index is 452. The number of ether oxygens (including phenoxy) is 1. The number of methoxy groups -OCH3 is 1. The van der Waals surface area contributed by atoms with Gasteiger partial charge in [0.05, 0.1) is 12.8 Å². The summed E-state index contributed by atoms with van der Waals surface area (Å²) in [6, 6.07) is 0. The van der Waals surface area contributed by atoms with Gasteiger partial charge in [0.1, 0.15) is 0 Å². The summed E-state index contributed by atoms with van der Waals surface area (Å²) >= 11 is 1.87. The third kappa shape index (κ3) is 2.08. The second kappa shape index (κ2) is 4.37.